The molecule has 0 spiro atoms. The van der Waals surface area contributed by atoms with Gasteiger partial charge in [-0.2, -0.15) is 0 Å². The first kappa shape index (κ1) is 14.6. The van der Waals surface area contributed by atoms with Crippen molar-refractivity contribution >= 4 is 28.2 Å². The third kappa shape index (κ3) is 3.29. The Hall–Kier alpha value is -1.43. The van der Waals surface area contributed by atoms with Gasteiger partial charge in [-0.3, -0.25) is 4.79 Å². The Balaban J connectivity index is 3.03. The maximum absolute atomic E-state index is 13.7. The lowest BCUT2D eigenvalue weighted by Crippen LogP contribution is -2.28. The van der Waals surface area contributed by atoms with Gasteiger partial charge in [0.15, 0.2) is 17.7 Å². The van der Waals surface area contributed by atoms with Crippen LogP contribution in [0.3, 0.4) is 0 Å². The van der Waals surface area contributed by atoms with Crippen molar-refractivity contribution in [3.8, 4) is 5.75 Å². The molecule has 1 aromatic carbocycles. The first-order chi connectivity index (χ1) is 8.53. The highest BCUT2D eigenvalue weighted by Crippen LogP contribution is 2.30. The highest BCUT2D eigenvalue weighted by atomic mass is 79.9. The molecule has 1 rings (SSSR count). The number of esters is 1. The van der Waals surface area contributed by atoms with Gasteiger partial charge in [0.1, 0.15) is 6.29 Å². The second-order valence-corrected chi connectivity index (χ2v) is 4.32. The van der Waals surface area contributed by atoms with Crippen LogP contribution in [0.2, 0.25) is 0 Å². The number of benzene rings is 1. The summed E-state index contributed by atoms with van der Waals surface area (Å²) < 4.78 is 23.8. The molecule has 6 heteroatoms. The SMILES string of the molecule is CCC(Oc1c(F)cc(C=O)cc1Br)C(=O)OC. The molecular weight excluding hydrogens is 307 g/mol. The van der Waals surface area contributed by atoms with Crippen LogP contribution >= 0.6 is 15.9 Å². The van der Waals surface area contributed by atoms with Gasteiger partial charge in [-0.25, -0.2) is 9.18 Å². The van der Waals surface area contributed by atoms with Gasteiger partial charge in [-0.1, -0.05) is 6.92 Å². The molecule has 0 N–H and O–H groups in total. The molecule has 0 bridgehead atoms. The zero-order chi connectivity index (χ0) is 13.7. The fraction of sp³-hybridized carbons (Fsp3) is 0.333. The van der Waals surface area contributed by atoms with Crippen molar-refractivity contribution < 1.29 is 23.5 Å². The van der Waals surface area contributed by atoms with Crippen LogP contribution in [0.1, 0.15) is 23.7 Å². The van der Waals surface area contributed by atoms with Gasteiger partial charge >= 0.3 is 5.97 Å². The van der Waals surface area contributed by atoms with E-state index < -0.39 is 17.9 Å². The number of carbonyl (C=O) groups excluding carboxylic acids is 2. The number of aldehydes is 1. The van der Waals surface area contributed by atoms with Crippen molar-refractivity contribution in [2.45, 2.75) is 19.4 Å². The summed E-state index contributed by atoms with van der Waals surface area (Å²) in [7, 11) is 1.23. The lowest BCUT2D eigenvalue weighted by atomic mass is 10.2. The topological polar surface area (TPSA) is 52.6 Å². The molecule has 0 aromatic heterocycles. The Morgan fingerprint density at radius 1 is 1.56 bits per heavy atom. The molecule has 98 valence electrons. The van der Waals surface area contributed by atoms with Gasteiger partial charge in [0.05, 0.1) is 11.6 Å². The van der Waals surface area contributed by atoms with Crippen molar-refractivity contribution in [1.82, 2.24) is 0 Å². The van der Waals surface area contributed by atoms with Crippen LogP contribution in [-0.2, 0) is 9.53 Å². The van der Waals surface area contributed by atoms with Crippen molar-refractivity contribution in [3.63, 3.8) is 0 Å². The van der Waals surface area contributed by atoms with E-state index in [1.807, 2.05) is 0 Å². The minimum Gasteiger partial charge on any atom is -0.474 e. The first-order valence-electron chi connectivity index (χ1n) is 5.22. The van der Waals surface area contributed by atoms with Crippen molar-refractivity contribution in [2.24, 2.45) is 0 Å². The van der Waals surface area contributed by atoms with E-state index >= 15 is 0 Å². The molecule has 1 unspecified atom stereocenters. The summed E-state index contributed by atoms with van der Waals surface area (Å²) in [6, 6.07) is 2.45. The normalized spacial score (nSPS) is 11.8. The average Bonchev–Trinajstić information content (AvgIpc) is 2.37. The Bertz CT molecular complexity index is 438. The number of carbonyl (C=O) groups is 2. The minimum absolute atomic E-state index is 0.113. The summed E-state index contributed by atoms with van der Waals surface area (Å²) in [4.78, 5) is 21.9. The summed E-state index contributed by atoms with van der Waals surface area (Å²) in [5.41, 5.74) is 0.179. The Morgan fingerprint density at radius 3 is 2.67 bits per heavy atom. The lowest BCUT2D eigenvalue weighted by Gasteiger charge is -2.16. The third-order valence-corrected chi connectivity index (χ3v) is 2.84. The highest BCUT2D eigenvalue weighted by molar-refractivity contribution is 9.10. The van der Waals surface area contributed by atoms with Crippen LogP contribution in [0.15, 0.2) is 16.6 Å². The lowest BCUT2D eigenvalue weighted by molar-refractivity contribution is -0.149. The molecule has 0 aliphatic carbocycles. The van der Waals surface area contributed by atoms with Crippen LogP contribution in [0.5, 0.6) is 5.75 Å². The smallest absolute Gasteiger partial charge is 0.347 e. The molecule has 0 saturated carbocycles. The summed E-state index contributed by atoms with van der Waals surface area (Å²) in [6.45, 7) is 1.72. The predicted molar refractivity (Wildman–Crippen MR) is 66.2 cm³/mol. The van der Waals surface area contributed by atoms with Gasteiger partial charge in [0.25, 0.3) is 0 Å². The van der Waals surface area contributed by atoms with Crippen molar-refractivity contribution in [2.75, 3.05) is 7.11 Å². The van der Waals surface area contributed by atoms with Gasteiger partial charge in [-0.15, -0.1) is 0 Å². The van der Waals surface area contributed by atoms with Crippen LogP contribution in [0.4, 0.5) is 4.39 Å². The molecule has 0 heterocycles. The van der Waals surface area contributed by atoms with Gasteiger partial charge in [0, 0.05) is 5.56 Å². The predicted octanol–water partition coefficient (Wildman–Crippen LogP) is 2.73. The Labute approximate surface area is 112 Å². The second-order valence-electron chi connectivity index (χ2n) is 3.47. The first-order valence-corrected chi connectivity index (χ1v) is 6.01. The zero-order valence-electron chi connectivity index (χ0n) is 9.91. The molecular formula is C12H12BrFO4. The Morgan fingerprint density at radius 2 is 2.22 bits per heavy atom. The van der Waals surface area contributed by atoms with Crippen molar-refractivity contribution in [3.05, 3.63) is 28.0 Å². The number of halogens is 2. The number of rotatable bonds is 5. The zero-order valence-corrected chi connectivity index (χ0v) is 11.5. The number of methoxy groups -OCH3 is 1. The van der Waals surface area contributed by atoms with E-state index in [0.717, 1.165) is 6.07 Å². The van der Waals surface area contributed by atoms with Gasteiger partial charge in [-0.05, 0) is 34.5 Å². The van der Waals surface area contributed by atoms with E-state index in [1.54, 1.807) is 6.92 Å². The van der Waals surface area contributed by atoms with Gasteiger partial charge < -0.3 is 9.47 Å². The fourth-order valence-corrected chi connectivity index (χ4v) is 1.88. The third-order valence-electron chi connectivity index (χ3n) is 2.25. The molecule has 0 radical (unpaired) electrons. The van der Waals surface area contributed by atoms with E-state index in [2.05, 4.69) is 20.7 Å². The van der Waals surface area contributed by atoms with E-state index in [9.17, 15) is 14.0 Å². The quantitative estimate of drug-likeness (QED) is 0.618. The molecule has 0 amide bonds. The molecule has 1 atom stereocenters. The fourth-order valence-electron chi connectivity index (χ4n) is 1.33. The van der Waals surface area contributed by atoms with Crippen LogP contribution < -0.4 is 4.74 Å². The number of hydrogen-bond acceptors (Lipinski definition) is 4. The van der Waals surface area contributed by atoms with E-state index in [1.165, 1.54) is 13.2 Å². The van der Waals surface area contributed by atoms with E-state index in [4.69, 9.17) is 4.74 Å². The molecule has 18 heavy (non-hydrogen) atoms. The summed E-state index contributed by atoms with van der Waals surface area (Å²) >= 11 is 3.09. The molecule has 1 aromatic rings. The standard InChI is InChI=1S/C12H12BrFO4/c1-3-10(12(16)17-2)18-11-8(13)4-7(6-15)5-9(11)14/h4-6,10H,3H2,1-2H3. The summed E-state index contributed by atoms with van der Waals surface area (Å²) in [5.74, 6) is -1.41. The van der Waals surface area contributed by atoms with Crippen LogP contribution in [-0.4, -0.2) is 25.5 Å². The highest BCUT2D eigenvalue weighted by Gasteiger charge is 2.22. The summed E-state index contributed by atoms with van der Waals surface area (Å²) in [6.07, 6.45) is -0.0219. The monoisotopic (exact) mass is 318 g/mol. The second kappa shape index (κ2) is 6.49. The number of ether oxygens (including phenoxy) is 2. The summed E-state index contributed by atoms with van der Waals surface area (Å²) in [5, 5.41) is 0. The van der Waals surface area contributed by atoms with Crippen LogP contribution in [0, 0.1) is 5.82 Å². The molecule has 4 nitrogen and oxygen atoms in total. The van der Waals surface area contributed by atoms with Crippen molar-refractivity contribution in [1.29, 1.82) is 0 Å². The van der Waals surface area contributed by atoms with Gasteiger partial charge in [0.2, 0.25) is 0 Å². The molecule has 0 fully saturated rings. The number of hydrogen-bond donors (Lipinski definition) is 0. The molecule has 0 aliphatic rings. The minimum atomic E-state index is -0.886. The average molecular weight is 319 g/mol. The molecule has 0 saturated heterocycles. The molecule has 0 aliphatic heterocycles. The van der Waals surface area contributed by atoms with E-state index in [-0.39, 0.29) is 15.8 Å². The van der Waals surface area contributed by atoms with E-state index in [0.29, 0.717) is 12.7 Å². The maximum atomic E-state index is 13.7. The van der Waals surface area contributed by atoms with Crippen LogP contribution in [0.25, 0.3) is 0 Å². The Kier molecular flexibility index (Phi) is 5.27. The largest absolute Gasteiger partial charge is 0.474 e. The maximum Gasteiger partial charge on any atom is 0.347 e.